The van der Waals surface area contributed by atoms with Gasteiger partial charge in [-0.1, -0.05) is 13.8 Å². The third kappa shape index (κ3) is 4.48. The molecule has 0 radical (unpaired) electrons. The van der Waals surface area contributed by atoms with Crippen molar-refractivity contribution >= 4 is 0 Å². The maximum absolute atomic E-state index is 13.5. The smallest absolute Gasteiger partial charge is 0.261 e. The molecule has 0 spiro atoms. The summed E-state index contributed by atoms with van der Waals surface area (Å²) in [7, 11) is 1.86. The normalized spacial score (nSPS) is 11.3. The molecule has 0 aromatic carbocycles. The molecule has 0 aliphatic carbocycles. The van der Waals surface area contributed by atoms with Gasteiger partial charge in [0.05, 0.1) is 28.3 Å². The molecule has 4 rings (SSSR count). The van der Waals surface area contributed by atoms with Crippen LogP contribution < -0.4 is 10.3 Å². The van der Waals surface area contributed by atoms with Crippen LogP contribution in [0.2, 0.25) is 0 Å². The molecule has 0 bridgehead atoms. The van der Waals surface area contributed by atoms with E-state index in [1.165, 1.54) is 0 Å². The Hall–Kier alpha value is -3.81. The molecule has 0 N–H and O–H groups in total. The SMILES string of the molecule is Cc1cnc(-c2nc(C(C)C)ncc2C)cc1-n1c(C)cc(OCc2ccn(C)n2)c(C)c1=O. The molecule has 34 heavy (non-hydrogen) atoms. The molecule has 0 atom stereocenters. The van der Waals surface area contributed by atoms with E-state index in [1.54, 1.807) is 22.4 Å². The van der Waals surface area contributed by atoms with Crippen molar-refractivity contribution in [3.8, 4) is 22.8 Å². The summed E-state index contributed by atoms with van der Waals surface area (Å²) >= 11 is 0. The quantitative estimate of drug-likeness (QED) is 0.427. The fourth-order valence-electron chi connectivity index (χ4n) is 3.81. The van der Waals surface area contributed by atoms with Crippen LogP contribution in [0.3, 0.4) is 0 Å². The summed E-state index contributed by atoms with van der Waals surface area (Å²) in [5.41, 5.74) is 6.08. The predicted molar refractivity (Wildman–Crippen MR) is 131 cm³/mol. The highest BCUT2D eigenvalue weighted by Crippen LogP contribution is 2.26. The van der Waals surface area contributed by atoms with Crippen molar-refractivity contribution in [3.63, 3.8) is 0 Å². The topological polar surface area (TPSA) is 87.7 Å². The summed E-state index contributed by atoms with van der Waals surface area (Å²) in [6.07, 6.45) is 5.48. The van der Waals surface area contributed by atoms with E-state index in [2.05, 4.69) is 28.9 Å². The minimum Gasteiger partial charge on any atom is -0.487 e. The van der Waals surface area contributed by atoms with Crippen molar-refractivity contribution in [1.29, 1.82) is 0 Å². The highest BCUT2D eigenvalue weighted by molar-refractivity contribution is 5.62. The number of aryl methyl sites for hydroxylation is 4. The summed E-state index contributed by atoms with van der Waals surface area (Å²) in [6.45, 7) is 12.0. The van der Waals surface area contributed by atoms with Crippen LogP contribution in [0.25, 0.3) is 17.1 Å². The van der Waals surface area contributed by atoms with Crippen LogP contribution in [-0.2, 0) is 13.7 Å². The monoisotopic (exact) mass is 458 g/mol. The maximum Gasteiger partial charge on any atom is 0.261 e. The van der Waals surface area contributed by atoms with Crippen molar-refractivity contribution in [2.75, 3.05) is 0 Å². The molecule has 0 aliphatic heterocycles. The predicted octanol–water partition coefficient (Wildman–Crippen LogP) is 4.36. The van der Waals surface area contributed by atoms with Gasteiger partial charge in [-0.25, -0.2) is 9.97 Å². The van der Waals surface area contributed by atoms with Crippen molar-refractivity contribution in [2.24, 2.45) is 7.05 Å². The van der Waals surface area contributed by atoms with Crippen molar-refractivity contribution < 1.29 is 4.74 Å². The zero-order valence-corrected chi connectivity index (χ0v) is 20.7. The Bertz CT molecular complexity index is 1420. The zero-order valence-electron chi connectivity index (χ0n) is 20.7. The zero-order chi connectivity index (χ0) is 24.6. The first kappa shape index (κ1) is 23.4. The standard InChI is InChI=1S/C26H30N6O2/c1-15(2)25-28-13-17(4)24(29-25)21-11-22(16(3)12-27-21)32-18(5)10-23(19(6)26(32)33)34-14-20-8-9-31(7)30-20/h8-13,15H,14H2,1-7H3. The minimum atomic E-state index is -0.126. The van der Waals surface area contributed by atoms with Crippen molar-refractivity contribution in [2.45, 2.75) is 54.1 Å². The summed E-state index contributed by atoms with van der Waals surface area (Å²) in [5, 5.41) is 4.33. The van der Waals surface area contributed by atoms with Crippen molar-refractivity contribution in [1.82, 2.24) is 29.3 Å². The lowest BCUT2D eigenvalue weighted by Gasteiger charge is -2.17. The third-order valence-corrected chi connectivity index (χ3v) is 5.80. The Morgan fingerprint density at radius 3 is 2.44 bits per heavy atom. The number of nitrogens with zero attached hydrogens (tertiary/aromatic N) is 6. The minimum absolute atomic E-state index is 0.126. The van der Waals surface area contributed by atoms with Crippen molar-refractivity contribution in [3.05, 3.63) is 81.0 Å². The molecule has 8 heteroatoms. The molecule has 0 saturated carbocycles. The van der Waals surface area contributed by atoms with Gasteiger partial charge in [0.2, 0.25) is 0 Å². The lowest BCUT2D eigenvalue weighted by molar-refractivity contribution is 0.296. The number of hydrogen-bond donors (Lipinski definition) is 0. The van der Waals surface area contributed by atoms with Gasteiger partial charge in [-0.15, -0.1) is 0 Å². The molecule has 0 amide bonds. The van der Waals surface area contributed by atoms with Gasteiger partial charge in [0.1, 0.15) is 18.2 Å². The average Bonchev–Trinajstić information content (AvgIpc) is 3.22. The van der Waals surface area contributed by atoms with E-state index in [9.17, 15) is 4.79 Å². The van der Waals surface area contributed by atoms with E-state index >= 15 is 0 Å². The van der Waals surface area contributed by atoms with Crippen LogP contribution in [-0.4, -0.2) is 29.3 Å². The number of ether oxygens (including phenoxy) is 1. The second kappa shape index (κ2) is 9.21. The summed E-state index contributed by atoms with van der Waals surface area (Å²) in [5.74, 6) is 1.53. The first-order chi connectivity index (χ1) is 16.2. The fraction of sp³-hybridized carbons (Fsp3) is 0.346. The highest BCUT2D eigenvalue weighted by Gasteiger charge is 2.17. The van der Waals surface area contributed by atoms with E-state index in [4.69, 9.17) is 9.72 Å². The molecule has 4 heterocycles. The van der Waals surface area contributed by atoms with Gasteiger partial charge in [-0.05, 0) is 51.0 Å². The Morgan fingerprint density at radius 1 is 1.03 bits per heavy atom. The van der Waals surface area contributed by atoms with E-state index in [-0.39, 0.29) is 11.5 Å². The van der Waals surface area contributed by atoms with Crippen LogP contribution in [0.5, 0.6) is 5.75 Å². The van der Waals surface area contributed by atoms with Crippen LogP contribution in [0.1, 0.15) is 53.7 Å². The third-order valence-electron chi connectivity index (χ3n) is 5.80. The van der Waals surface area contributed by atoms with Crippen LogP contribution in [0.15, 0.2) is 41.6 Å². The van der Waals surface area contributed by atoms with Crippen LogP contribution in [0.4, 0.5) is 0 Å². The summed E-state index contributed by atoms with van der Waals surface area (Å²) in [4.78, 5) is 27.3. The summed E-state index contributed by atoms with van der Waals surface area (Å²) in [6, 6.07) is 5.72. The van der Waals surface area contributed by atoms with Gasteiger partial charge in [0.15, 0.2) is 0 Å². The second-order valence-electron chi connectivity index (χ2n) is 8.96. The maximum atomic E-state index is 13.5. The largest absolute Gasteiger partial charge is 0.487 e. The van der Waals surface area contributed by atoms with E-state index in [0.717, 1.165) is 39.7 Å². The molecule has 4 aromatic rings. The Morgan fingerprint density at radius 2 is 1.76 bits per heavy atom. The number of rotatable bonds is 6. The van der Waals surface area contributed by atoms with Crippen LogP contribution >= 0.6 is 0 Å². The van der Waals surface area contributed by atoms with E-state index in [1.807, 2.05) is 58.4 Å². The average molecular weight is 459 g/mol. The molecule has 0 fully saturated rings. The first-order valence-corrected chi connectivity index (χ1v) is 11.3. The molecule has 176 valence electrons. The molecular weight excluding hydrogens is 428 g/mol. The van der Waals surface area contributed by atoms with Gasteiger partial charge in [-0.3, -0.25) is 19.0 Å². The molecular formula is C26H30N6O2. The molecule has 0 aliphatic rings. The lowest BCUT2D eigenvalue weighted by atomic mass is 10.1. The number of aromatic nitrogens is 6. The molecule has 0 unspecified atom stereocenters. The Kier molecular flexibility index (Phi) is 6.32. The fourth-order valence-corrected chi connectivity index (χ4v) is 3.81. The Balaban J connectivity index is 1.76. The van der Waals surface area contributed by atoms with Gasteiger partial charge in [0.25, 0.3) is 5.56 Å². The number of hydrogen-bond acceptors (Lipinski definition) is 6. The van der Waals surface area contributed by atoms with E-state index < -0.39 is 0 Å². The Labute approximate surface area is 199 Å². The molecule has 0 saturated heterocycles. The van der Waals surface area contributed by atoms with Gasteiger partial charge in [-0.2, -0.15) is 5.10 Å². The van der Waals surface area contributed by atoms with E-state index in [0.29, 0.717) is 23.6 Å². The highest BCUT2D eigenvalue weighted by atomic mass is 16.5. The molecule has 8 nitrogen and oxygen atoms in total. The summed E-state index contributed by atoms with van der Waals surface area (Å²) < 4.78 is 9.38. The molecule has 4 aromatic heterocycles. The van der Waals surface area contributed by atoms with Gasteiger partial charge >= 0.3 is 0 Å². The van der Waals surface area contributed by atoms with Gasteiger partial charge in [0, 0.05) is 43.3 Å². The second-order valence-corrected chi connectivity index (χ2v) is 8.96. The number of pyridine rings is 2. The first-order valence-electron chi connectivity index (χ1n) is 11.3. The van der Waals surface area contributed by atoms with Crippen LogP contribution in [0, 0.1) is 27.7 Å². The lowest BCUT2D eigenvalue weighted by Crippen LogP contribution is -2.24. The van der Waals surface area contributed by atoms with Gasteiger partial charge < -0.3 is 4.74 Å².